The first-order chi connectivity index (χ1) is 10.3. The van der Waals surface area contributed by atoms with Crippen LogP contribution in [0.1, 0.15) is 50.8 Å². The molecule has 1 aromatic heterocycles. The maximum atomic E-state index is 10.7. The highest BCUT2D eigenvalue weighted by atomic mass is 16.3. The van der Waals surface area contributed by atoms with E-state index in [1.165, 1.54) is 19.3 Å². The molecule has 0 bridgehead atoms. The van der Waals surface area contributed by atoms with Gasteiger partial charge in [-0.2, -0.15) is 5.10 Å². The monoisotopic (exact) mass is 284 g/mol. The normalized spacial score (nSPS) is 23.9. The summed E-state index contributed by atoms with van der Waals surface area (Å²) in [6.45, 7) is 2.23. The Morgan fingerprint density at radius 2 is 1.95 bits per heavy atom. The zero-order chi connectivity index (χ0) is 14.7. The van der Waals surface area contributed by atoms with Crippen LogP contribution in [0, 0.1) is 11.8 Å². The van der Waals surface area contributed by atoms with Crippen molar-refractivity contribution >= 4 is 0 Å². The molecule has 3 nitrogen and oxygen atoms in total. The number of hydrogen-bond acceptors (Lipinski definition) is 2. The summed E-state index contributed by atoms with van der Waals surface area (Å²) in [5.74, 6) is 0.999. The molecule has 3 heteroatoms. The van der Waals surface area contributed by atoms with E-state index >= 15 is 0 Å². The van der Waals surface area contributed by atoms with Gasteiger partial charge in [0.25, 0.3) is 0 Å². The molecule has 0 radical (unpaired) electrons. The van der Waals surface area contributed by atoms with Gasteiger partial charge in [-0.15, -0.1) is 0 Å². The fourth-order valence-electron chi connectivity index (χ4n) is 3.60. The third-order valence-corrected chi connectivity index (χ3v) is 4.83. The zero-order valence-electron chi connectivity index (χ0n) is 12.7. The molecule has 1 saturated carbocycles. The highest BCUT2D eigenvalue weighted by Crippen LogP contribution is 2.39. The highest BCUT2D eigenvalue weighted by Gasteiger charge is 2.31. The van der Waals surface area contributed by atoms with Crippen LogP contribution in [-0.2, 0) is 0 Å². The second kappa shape index (κ2) is 6.44. The van der Waals surface area contributed by atoms with Crippen LogP contribution in [0.15, 0.2) is 42.6 Å². The van der Waals surface area contributed by atoms with Crippen molar-refractivity contribution in [2.24, 2.45) is 11.8 Å². The quantitative estimate of drug-likeness (QED) is 0.917. The van der Waals surface area contributed by atoms with Gasteiger partial charge < -0.3 is 5.11 Å². The van der Waals surface area contributed by atoms with Crippen molar-refractivity contribution in [3.63, 3.8) is 0 Å². The number of aliphatic hydroxyl groups excluding tert-OH is 1. The minimum atomic E-state index is -0.430. The van der Waals surface area contributed by atoms with Crippen LogP contribution in [0.2, 0.25) is 0 Å². The second-order valence-corrected chi connectivity index (χ2v) is 6.08. The van der Waals surface area contributed by atoms with E-state index < -0.39 is 6.10 Å². The van der Waals surface area contributed by atoms with Gasteiger partial charge in [0.15, 0.2) is 0 Å². The smallest absolute Gasteiger partial charge is 0.101 e. The van der Waals surface area contributed by atoms with Crippen molar-refractivity contribution in [3.05, 3.63) is 48.3 Å². The van der Waals surface area contributed by atoms with E-state index in [0.717, 1.165) is 24.2 Å². The molecule has 1 aliphatic carbocycles. The van der Waals surface area contributed by atoms with Crippen molar-refractivity contribution in [3.8, 4) is 5.69 Å². The lowest BCUT2D eigenvalue weighted by Gasteiger charge is -2.33. The first-order valence-corrected chi connectivity index (χ1v) is 8.08. The molecule has 2 aromatic rings. The SMILES string of the molecule is CCC1CCCCC1C(O)c1ccn(-c2ccccc2)n1. The Morgan fingerprint density at radius 3 is 2.71 bits per heavy atom. The van der Waals surface area contributed by atoms with E-state index in [4.69, 9.17) is 0 Å². The first-order valence-electron chi connectivity index (χ1n) is 8.08. The minimum Gasteiger partial charge on any atom is -0.386 e. The highest BCUT2D eigenvalue weighted by molar-refractivity contribution is 5.30. The average molecular weight is 284 g/mol. The van der Waals surface area contributed by atoms with E-state index in [2.05, 4.69) is 12.0 Å². The molecule has 0 saturated heterocycles. The lowest BCUT2D eigenvalue weighted by molar-refractivity contribution is 0.0419. The van der Waals surface area contributed by atoms with Gasteiger partial charge in [-0.3, -0.25) is 0 Å². The summed E-state index contributed by atoms with van der Waals surface area (Å²) in [6, 6.07) is 12.0. The molecule has 3 rings (SSSR count). The van der Waals surface area contributed by atoms with E-state index in [0.29, 0.717) is 11.8 Å². The Bertz CT molecular complexity index is 564. The summed E-state index contributed by atoms with van der Waals surface area (Å²) in [5, 5.41) is 15.3. The molecular formula is C18H24N2O. The molecule has 3 atom stereocenters. The fourth-order valence-corrected chi connectivity index (χ4v) is 3.60. The predicted molar refractivity (Wildman–Crippen MR) is 84.3 cm³/mol. The van der Waals surface area contributed by atoms with Gasteiger partial charge in [-0.1, -0.05) is 50.8 Å². The van der Waals surface area contributed by atoms with E-state index in [1.807, 2.05) is 47.3 Å². The number of rotatable bonds is 4. The standard InChI is InChI=1S/C18H24N2O/c1-2-14-8-6-7-11-16(14)18(21)17-12-13-20(19-17)15-9-4-3-5-10-15/h3-5,9-10,12-14,16,18,21H,2,6-8,11H2,1H3. The van der Waals surface area contributed by atoms with Gasteiger partial charge in [-0.05, 0) is 36.5 Å². The summed E-state index contributed by atoms with van der Waals surface area (Å²) in [4.78, 5) is 0. The molecule has 0 aliphatic heterocycles. The number of benzene rings is 1. The molecule has 21 heavy (non-hydrogen) atoms. The third-order valence-electron chi connectivity index (χ3n) is 4.83. The lowest BCUT2D eigenvalue weighted by atomic mass is 9.74. The van der Waals surface area contributed by atoms with E-state index in [9.17, 15) is 5.11 Å². The van der Waals surface area contributed by atoms with Crippen molar-refractivity contribution in [2.45, 2.75) is 45.1 Å². The molecule has 3 unspecified atom stereocenters. The van der Waals surface area contributed by atoms with Gasteiger partial charge in [0, 0.05) is 6.20 Å². The Balaban J connectivity index is 1.79. The number of aliphatic hydroxyl groups is 1. The van der Waals surface area contributed by atoms with Crippen LogP contribution in [0.4, 0.5) is 0 Å². The van der Waals surface area contributed by atoms with Gasteiger partial charge in [0.1, 0.15) is 6.10 Å². The zero-order valence-corrected chi connectivity index (χ0v) is 12.7. The van der Waals surface area contributed by atoms with Crippen LogP contribution in [0.3, 0.4) is 0 Å². The maximum absolute atomic E-state index is 10.7. The van der Waals surface area contributed by atoms with Gasteiger partial charge in [-0.25, -0.2) is 4.68 Å². The number of nitrogens with zero attached hydrogens (tertiary/aromatic N) is 2. The molecular weight excluding hydrogens is 260 g/mol. The Kier molecular flexibility index (Phi) is 4.39. The third kappa shape index (κ3) is 3.03. The largest absolute Gasteiger partial charge is 0.386 e. The number of para-hydroxylation sites is 1. The van der Waals surface area contributed by atoms with Gasteiger partial charge >= 0.3 is 0 Å². The van der Waals surface area contributed by atoms with Crippen molar-refractivity contribution in [1.29, 1.82) is 0 Å². The van der Waals surface area contributed by atoms with Gasteiger partial charge in [0.05, 0.1) is 11.4 Å². The summed E-state index contributed by atoms with van der Waals surface area (Å²) in [7, 11) is 0. The maximum Gasteiger partial charge on any atom is 0.101 e. The summed E-state index contributed by atoms with van der Waals surface area (Å²) in [6.07, 6.45) is 7.58. The molecule has 1 heterocycles. The predicted octanol–water partition coefficient (Wildman–Crippen LogP) is 4.12. The Labute approximate surface area is 126 Å². The van der Waals surface area contributed by atoms with E-state index in [1.54, 1.807) is 0 Å². The average Bonchev–Trinajstić information content (AvgIpc) is 3.05. The van der Waals surface area contributed by atoms with Crippen LogP contribution < -0.4 is 0 Å². The lowest BCUT2D eigenvalue weighted by Crippen LogP contribution is -2.25. The van der Waals surface area contributed by atoms with Gasteiger partial charge in [0.2, 0.25) is 0 Å². The topological polar surface area (TPSA) is 38.0 Å². The van der Waals surface area contributed by atoms with Crippen LogP contribution in [0.25, 0.3) is 5.69 Å². The summed E-state index contributed by atoms with van der Waals surface area (Å²) >= 11 is 0. The van der Waals surface area contributed by atoms with Crippen molar-refractivity contribution in [2.75, 3.05) is 0 Å². The molecule has 112 valence electrons. The summed E-state index contributed by atoms with van der Waals surface area (Å²) < 4.78 is 1.85. The minimum absolute atomic E-state index is 0.364. The molecule has 1 aromatic carbocycles. The fraction of sp³-hybridized carbons (Fsp3) is 0.500. The van der Waals surface area contributed by atoms with Crippen LogP contribution in [0.5, 0.6) is 0 Å². The number of aromatic nitrogens is 2. The molecule has 1 fully saturated rings. The van der Waals surface area contributed by atoms with E-state index in [-0.39, 0.29) is 0 Å². The van der Waals surface area contributed by atoms with Crippen molar-refractivity contribution in [1.82, 2.24) is 9.78 Å². The van der Waals surface area contributed by atoms with Crippen molar-refractivity contribution < 1.29 is 5.11 Å². The first kappa shape index (κ1) is 14.3. The Morgan fingerprint density at radius 1 is 1.19 bits per heavy atom. The van der Waals surface area contributed by atoms with Crippen LogP contribution >= 0.6 is 0 Å². The molecule has 0 amide bonds. The second-order valence-electron chi connectivity index (χ2n) is 6.08. The molecule has 1 aliphatic rings. The Hall–Kier alpha value is -1.61. The molecule has 1 N–H and O–H groups in total. The number of hydrogen-bond donors (Lipinski definition) is 1. The molecule has 0 spiro atoms. The summed E-state index contributed by atoms with van der Waals surface area (Å²) in [5.41, 5.74) is 1.84. The van der Waals surface area contributed by atoms with Crippen LogP contribution in [-0.4, -0.2) is 14.9 Å².